The monoisotopic (exact) mass is 367 g/mol. The molecule has 2 unspecified atom stereocenters. The third kappa shape index (κ3) is 4.13. The highest BCUT2D eigenvalue weighted by molar-refractivity contribution is 5.68. The first-order valence-corrected chi connectivity index (χ1v) is 9.12. The first-order valence-electron chi connectivity index (χ1n) is 9.12. The highest BCUT2D eigenvalue weighted by Gasteiger charge is 2.29. The molecule has 0 spiro atoms. The van der Waals surface area contributed by atoms with Gasteiger partial charge in [-0.1, -0.05) is 18.2 Å². The van der Waals surface area contributed by atoms with Gasteiger partial charge in [0.2, 0.25) is 5.88 Å². The quantitative estimate of drug-likeness (QED) is 0.869. The van der Waals surface area contributed by atoms with Gasteiger partial charge in [0.1, 0.15) is 11.6 Å². The Morgan fingerprint density at radius 3 is 2.56 bits per heavy atom. The van der Waals surface area contributed by atoms with Crippen molar-refractivity contribution in [3.05, 3.63) is 42.0 Å². The van der Waals surface area contributed by atoms with E-state index >= 15 is 0 Å². The lowest BCUT2D eigenvalue weighted by molar-refractivity contribution is -0.0682. The molecular weight excluding hydrogens is 342 g/mol. The van der Waals surface area contributed by atoms with E-state index in [1.165, 1.54) is 0 Å². The van der Waals surface area contributed by atoms with E-state index in [1.807, 2.05) is 42.3 Å². The SMILES string of the molecule is CCOc1nc(N(c2ccccc2)N2CC(C)OC(C)C2)cc(N)c1C#N. The van der Waals surface area contributed by atoms with Crippen LogP contribution in [-0.2, 0) is 4.74 Å². The third-order valence-electron chi connectivity index (χ3n) is 4.30. The standard InChI is InChI=1S/C20H25N5O2/c1-4-26-20-17(11-21)18(22)10-19(23-20)25(16-8-6-5-7-9-16)24-12-14(2)27-15(3)13-24/h5-10,14-15H,4,12-13H2,1-3H3,(H2,22,23). The number of hydrogen-bond acceptors (Lipinski definition) is 7. The fourth-order valence-electron chi connectivity index (χ4n) is 3.31. The highest BCUT2D eigenvalue weighted by atomic mass is 16.5. The lowest BCUT2D eigenvalue weighted by Crippen LogP contribution is -2.52. The number of benzene rings is 1. The van der Waals surface area contributed by atoms with E-state index < -0.39 is 0 Å². The van der Waals surface area contributed by atoms with Crippen LogP contribution in [0.2, 0.25) is 0 Å². The molecule has 0 saturated carbocycles. The van der Waals surface area contributed by atoms with Crippen LogP contribution < -0.4 is 15.5 Å². The minimum absolute atomic E-state index is 0.0852. The van der Waals surface area contributed by atoms with Gasteiger partial charge in [-0.05, 0) is 32.9 Å². The summed E-state index contributed by atoms with van der Waals surface area (Å²) in [7, 11) is 0. The second-order valence-corrected chi connectivity index (χ2v) is 6.57. The molecule has 7 heteroatoms. The Balaban J connectivity index is 2.10. The first kappa shape index (κ1) is 19.0. The molecule has 142 valence electrons. The Morgan fingerprint density at radius 1 is 1.30 bits per heavy atom. The lowest BCUT2D eigenvalue weighted by Gasteiger charge is -2.42. The molecule has 0 radical (unpaired) electrons. The Hall–Kier alpha value is -2.82. The van der Waals surface area contributed by atoms with Crippen LogP contribution in [0, 0.1) is 11.3 Å². The zero-order valence-electron chi connectivity index (χ0n) is 15.9. The van der Waals surface area contributed by atoms with Crippen LogP contribution in [0.15, 0.2) is 36.4 Å². The largest absolute Gasteiger partial charge is 0.477 e. The Labute approximate surface area is 159 Å². The second-order valence-electron chi connectivity index (χ2n) is 6.57. The van der Waals surface area contributed by atoms with E-state index in [0.717, 1.165) is 5.69 Å². The molecule has 27 heavy (non-hydrogen) atoms. The van der Waals surface area contributed by atoms with Crippen LogP contribution in [0.3, 0.4) is 0 Å². The number of para-hydroxylation sites is 1. The molecule has 2 heterocycles. The van der Waals surface area contributed by atoms with Crippen molar-refractivity contribution in [3.63, 3.8) is 0 Å². The number of nitriles is 1. The molecule has 2 aromatic rings. The minimum atomic E-state index is 0.0852. The molecule has 0 amide bonds. The molecule has 1 aromatic carbocycles. The van der Waals surface area contributed by atoms with Crippen LogP contribution in [0.4, 0.5) is 17.2 Å². The van der Waals surface area contributed by atoms with Gasteiger partial charge in [-0.3, -0.25) is 5.01 Å². The first-order chi connectivity index (χ1) is 13.0. The average Bonchev–Trinajstić information content (AvgIpc) is 2.62. The number of pyridine rings is 1. The van der Waals surface area contributed by atoms with E-state index in [0.29, 0.717) is 31.2 Å². The van der Waals surface area contributed by atoms with Gasteiger partial charge in [-0.2, -0.15) is 10.2 Å². The number of aromatic nitrogens is 1. The molecule has 2 atom stereocenters. The number of hydrogen-bond donors (Lipinski definition) is 1. The minimum Gasteiger partial charge on any atom is -0.477 e. The molecule has 1 aromatic heterocycles. The summed E-state index contributed by atoms with van der Waals surface area (Å²) < 4.78 is 11.5. The van der Waals surface area contributed by atoms with Crippen molar-refractivity contribution < 1.29 is 9.47 Å². The fourth-order valence-corrected chi connectivity index (χ4v) is 3.31. The maximum Gasteiger partial charge on any atom is 0.235 e. The van der Waals surface area contributed by atoms with Gasteiger partial charge in [0.25, 0.3) is 0 Å². The third-order valence-corrected chi connectivity index (χ3v) is 4.30. The maximum absolute atomic E-state index is 9.40. The molecule has 7 nitrogen and oxygen atoms in total. The number of nitrogen functional groups attached to an aromatic ring is 1. The molecule has 0 bridgehead atoms. The molecule has 0 aliphatic carbocycles. The van der Waals surface area contributed by atoms with Crippen molar-refractivity contribution in [2.24, 2.45) is 0 Å². The van der Waals surface area contributed by atoms with Crippen molar-refractivity contribution in [2.75, 3.05) is 30.4 Å². The van der Waals surface area contributed by atoms with Crippen molar-refractivity contribution >= 4 is 17.2 Å². The number of nitrogens with zero attached hydrogens (tertiary/aromatic N) is 4. The maximum atomic E-state index is 9.40. The normalized spacial score (nSPS) is 20.1. The zero-order valence-corrected chi connectivity index (χ0v) is 15.9. The summed E-state index contributed by atoms with van der Waals surface area (Å²) in [6, 6.07) is 13.8. The summed E-state index contributed by atoms with van der Waals surface area (Å²) in [6.07, 6.45) is 0.170. The summed E-state index contributed by atoms with van der Waals surface area (Å²) >= 11 is 0. The number of ether oxygens (including phenoxy) is 2. The van der Waals surface area contributed by atoms with Gasteiger partial charge in [-0.25, -0.2) is 5.01 Å². The molecular formula is C20H25N5O2. The Bertz CT molecular complexity index is 811. The highest BCUT2D eigenvalue weighted by Crippen LogP contribution is 2.33. The summed E-state index contributed by atoms with van der Waals surface area (Å²) in [5.74, 6) is 0.868. The smallest absolute Gasteiger partial charge is 0.235 e. The van der Waals surface area contributed by atoms with Crippen LogP contribution in [0.25, 0.3) is 0 Å². The Kier molecular flexibility index (Phi) is 5.79. The number of anilines is 3. The molecule has 1 aliphatic rings. The van der Waals surface area contributed by atoms with Crippen molar-refractivity contribution in [3.8, 4) is 11.9 Å². The van der Waals surface area contributed by atoms with E-state index in [-0.39, 0.29) is 23.7 Å². The predicted octanol–water partition coefficient (Wildman–Crippen LogP) is 3.10. The summed E-state index contributed by atoms with van der Waals surface area (Å²) in [5.41, 5.74) is 7.72. The van der Waals surface area contributed by atoms with E-state index in [4.69, 9.17) is 15.2 Å². The van der Waals surface area contributed by atoms with Crippen LogP contribution in [0.1, 0.15) is 26.3 Å². The van der Waals surface area contributed by atoms with Crippen LogP contribution in [0.5, 0.6) is 5.88 Å². The second kappa shape index (κ2) is 8.25. The van der Waals surface area contributed by atoms with Gasteiger partial charge in [0.05, 0.1) is 30.2 Å². The number of rotatable bonds is 5. The van der Waals surface area contributed by atoms with Gasteiger partial charge in [0.15, 0.2) is 5.82 Å². The van der Waals surface area contributed by atoms with Crippen molar-refractivity contribution in [2.45, 2.75) is 33.0 Å². The molecule has 1 fully saturated rings. The van der Waals surface area contributed by atoms with Crippen LogP contribution in [-0.4, -0.2) is 41.9 Å². The van der Waals surface area contributed by atoms with Gasteiger partial charge >= 0.3 is 0 Å². The number of hydrazine groups is 1. The molecule has 2 N–H and O–H groups in total. The van der Waals surface area contributed by atoms with E-state index in [9.17, 15) is 5.26 Å². The topological polar surface area (TPSA) is 87.6 Å². The number of morpholine rings is 1. The van der Waals surface area contributed by atoms with Gasteiger partial charge < -0.3 is 15.2 Å². The summed E-state index contributed by atoms with van der Waals surface area (Å²) in [5, 5.41) is 13.6. The fraction of sp³-hybridized carbons (Fsp3) is 0.400. The Morgan fingerprint density at radius 2 is 1.96 bits per heavy atom. The molecule has 1 saturated heterocycles. The average molecular weight is 367 g/mol. The van der Waals surface area contributed by atoms with Gasteiger partial charge in [-0.15, -0.1) is 0 Å². The molecule has 3 rings (SSSR count). The summed E-state index contributed by atoms with van der Waals surface area (Å²) in [6.45, 7) is 7.79. The zero-order chi connectivity index (χ0) is 19.4. The van der Waals surface area contributed by atoms with Crippen molar-refractivity contribution in [1.29, 1.82) is 5.26 Å². The lowest BCUT2D eigenvalue weighted by atomic mass is 10.2. The van der Waals surface area contributed by atoms with Crippen LogP contribution >= 0.6 is 0 Å². The summed E-state index contributed by atoms with van der Waals surface area (Å²) in [4.78, 5) is 4.61. The van der Waals surface area contributed by atoms with E-state index in [1.54, 1.807) is 6.07 Å². The van der Waals surface area contributed by atoms with Crippen molar-refractivity contribution in [1.82, 2.24) is 9.99 Å². The predicted molar refractivity (Wildman–Crippen MR) is 105 cm³/mol. The van der Waals surface area contributed by atoms with Gasteiger partial charge in [0, 0.05) is 19.2 Å². The number of nitrogens with two attached hydrogens (primary N) is 1. The molecule has 1 aliphatic heterocycles. The van der Waals surface area contributed by atoms with E-state index in [2.05, 4.69) is 29.9 Å².